The van der Waals surface area contributed by atoms with Gasteiger partial charge in [-0.1, -0.05) is 31.9 Å². The average molecular weight is 360 g/mol. The predicted molar refractivity (Wildman–Crippen MR) is 98.3 cm³/mol. The minimum atomic E-state index is -0.379. The molecule has 0 aromatic heterocycles. The van der Waals surface area contributed by atoms with Crippen LogP contribution in [-0.2, 0) is 19.1 Å². The molecule has 4 aliphatic carbocycles. The van der Waals surface area contributed by atoms with Crippen LogP contribution in [0.2, 0.25) is 0 Å². The highest BCUT2D eigenvalue weighted by Crippen LogP contribution is 2.57. The summed E-state index contributed by atoms with van der Waals surface area (Å²) >= 11 is 0. The molecule has 0 N–H and O–H groups in total. The zero-order valence-electron chi connectivity index (χ0n) is 16.0. The van der Waals surface area contributed by atoms with Crippen molar-refractivity contribution < 1.29 is 19.1 Å². The lowest BCUT2D eigenvalue weighted by Gasteiger charge is -2.34. The lowest BCUT2D eigenvalue weighted by Crippen LogP contribution is -2.41. The van der Waals surface area contributed by atoms with E-state index >= 15 is 0 Å². The molecular formula is C22H32O4. The third-order valence-electron chi connectivity index (χ3n) is 7.13. The Morgan fingerprint density at radius 1 is 0.846 bits per heavy atom. The molecule has 2 bridgehead atoms. The SMILES string of the molecule is CC12C=CC(C1)C(C(=O)OC1CCCCC1)C2C(=O)OC1CCCCC1. The first-order valence-corrected chi connectivity index (χ1v) is 10.7. The van der Waals surface area contributed by atoms with E-state index in [1.807, 2.05) is 0 Å². The van der Waals surface area contributed by atoms with E-state index in [0.29, 0.717) is 0 Å². The van der Waals surface area contributed by atoms with Crippen LogP contribution in [0.4, 0.5) is 0 Å². The van der Waals surface area contributed by atoms with Gasteiger partial charge in [-0.15, -0.1) is 0 Å². The molecule has 144 valence electrons. The zero-order valence-corrected chi connectivity index (χ0v) is 16.0. The Morgan fingerprint density at radius 3 is 1.96 bits per heavy atom. The fraction of sp³-hybridized carbons (Fsp3) is 0.818. The van der Waals surface area contributed by atoms with Gasteiger partial charge >= 0.3 is 11.9 Å². The molecule has 0 amide bonds. The number of allylic oxidation sites excluding steroid dienone is 2. The van der Waals surface area contributed by atoms with Gasteiger partial charge in [-0.2, -0.15) is 0 Å². The topological polar surface area (TPSA) is 52.6 Å². The second-order valence-electron chi connectivity index (χ2n) is 9.13. The van der Waals surface area contributed by atoms with E-state index in [0.717, 1.165) is 57.8 Å². The number of carbonyl (C=O) groups is 2. The normalized spacial score (nSPS) is 37.7. The number of esters is 2. The maximum Gasteiger partial charge on any atom is 0.310 e. The van der Waals surface area contributed by atoms with Crippen LogP contribution in [0.3, 0.4) is 0 Å². The van der Waals surface area contributed by atoms with Crippen LogP contribution in [-0.4, -0.2) is 24.1 Å². The number of rotatable bonds is 4. The van der Waals surface area contributed by atoms with Crippen LogP contribution in [0.25, 0.3) is 0 Å². The fourth-order valence-electron chi connectivity index (χ4n) is 5.70. The monoisotopic (exact) mass is 360 g/mol. The second-order valence-corrected chi connectivity index (χ2v) is 9.13. The number of hydrogen-bond acceptors (Lipinski definition) is 4. The van der Waals surface area contributed by atoms with Gasteiger partial charge in [0.05, 0.1) is 11.8 Å². The maximum atomic E-state index is 13.1. The van der Waals surface area contributed by atoms with E-state index in [2.05, 4.69) is 19.1 Å². The fourth-order valence-corrected chi connectivity index (χ4v) is 5.70. The minimum absolute atomic E-state index is 0.0398. The quantitative estimate of drug-likeness (QED) is 0.544. The number of fused-ring (bicyclic) bond motifs is 2. The number of carbonyl (C=O) groups excluding carboxylic acids is 2. The van der Waals surface area contributed by atoms with E-state index in [1.54, 1.807) is 0 Å². The summed E-state index contributed by atoms with van der Waals surface area (Å²) in [6, 6.07) is 0. The van der Waals surface area contributed by atoms with E-state index < -0.39 is 0 Å². The summed E-state index contributed by atoms with van der Waals surface area (Å²) in [5.41, 5.74) is -0.257. The van der Waals surface area contributed by atoms with Crippen LogP contribution in [0.5, 0.6) is 0 Å². The van der Waals surface area contributed by atoms with Gasteiger partial charge in [0.1, 0.15) is 12.2 Å². The molecule has 0 aliphatic heterocycles. The van der Waals surface area contributed by atoms with Crippen LogP contribution in [0.15, 0.2) is 12.2 Å². The Kier molecular flexibility index (Phi) is 5.11. The summed E-state index contributed by atoms with van der Waals surface area (Å²) in [4.78, 5) is 26.0. The largest absolute Gasteiger partial charge is 0.462 e. The van der Waals surface area contributed by atoms with E-state index in [9.17, 15) is 9.59 Å². The zero-order chi connectivity index (χ0) is 18.1. The molecule has 0 spiro atoms. The van der Waals surface area contributed by atoms with Crippen LogP contribution in [0, 0.1) is 23.2 Å². The summed E-state index contributed by atoms with van der Waals surface area (Å²) in [7, 11) is 0. The summed E-state index contributed by atoms with van der Waals surface area (Å²) < 4.78 is 11.7. The van der Waals surface area contributed by atoms with Gasteiger partial charge in [-0.05, 0) is 63.7 Å². The van der Waals surface area contributed by atoms with Gasteiger partial charge in [-0.25, -0.2) is 0 Å². The molecule has 0 heterocycles. The van der Waals surface area contributed by atoms with Gasteiger partial charge in [0.25, 0.3) is 0 Å². The average Bonchev–Trinajstić information content (AvgIpc) is 3.17. The van der Waals surface area contributed by atoms with Crippen molar-refractivity contribution in [3.05, 3.63) is 12.2 Å². The van der Waals surface area contributed by atoms with Crippen molar-refractivity contribution >= 4 is 11.9 Å². The standard InChI is InChI=1S/C22H32O4/c1-22-13-12-15(14-22)18(20(23)25-16-8-4-2-5-9-16)19(22)21(24)26-17-10-6-3-7-11-17/h12-13,15-19H,2-11,14H2,1H3. The first kappa shape index (κ1) is 18.1. The van der Waals surface area contributed by atoms with Crippen molar-refractivity contribution in [2.45, 2.75) is 89.8 Å². The Morgan fingerprint density at radius 2 is 1.38 bits per heavy atom. The van der Waals surface area contributed by atoms with Crippen molar-refractivity contribution in [2.75, 3.05) is 0 Å². The number of ether oxygens (including phenoxy) is 2. The Bertz CT molecular complexity index is 571. The molecule has 4 heteroatoms. The molecule has 3 saturated carbocycles. The summed E-state index contributed by atoms with van der Waals surface area (Å²) in [5.74, 6) is -0.948. The third kappa shape index (κ3) is 3.44. The minimum Gasteiger partial charge on any atom is -0.462 e. The van der Waals surface area contributed by atoms with E-state index in [4.69, 9.17) is 9.47 Å². The van der Waals surface area contributed by atoms with Crippen LogP contribution in [0.1, 0.15) is 77.6 Å². The van der Waals surface area contributed by atoms with Crippen molar-refractivity contribution in [3.8, 4) is 0 Å². The molecule has 4 unspecified atom stereocenters. The Labute approximate surface area is 156 Å². The highest BCUT2D eigenvalue weighted by Gasteiger charge is 2.59. The third-order valence-corrected chi connectivity index (χ3v) is 7.13. The first-order valence-electron chi connectivity index (χ1n) is 10.7. The van der Waals surface area contributed by atoms with E-state index in [-0.39, 0.29) is 47.3 Å². The lowest BCUT2D eigenvalue weighted by molar-refractivity contribution is -0.170. The molecule has 4 rings (SSSR count). The van der Waals surface area contributed by atoms with Crippen molar-refractivity contribution in [1.29, 1.82) is 0 Å². The molecule has 0 radical (unpaired) electrons. The van der Waals surface area contributed by atoms with Gasteiger partial charge in [0.2, 0.25) is 0 Å². The Hall–Kier alpha value is -1.32. The van der Waals surface area contributed by atoms with Crippen molar-refractivity contribution in [1.82, 2.24) is 0 Å². The molecule has 0 aromatic rings. The predicted octanol–water partition coefficient (Wildman–Crippen LogP) is 4.57. The van der Waals surface area contributed by atoms with Crippen molar-refractivity contribution in [3.63, 3.8) is 0 Å². The van der Waals surface area contributed by atoms with Crippen molar-refractivity contribution in [2.24, 2.45) is 23.2 Å². The Balaban J connectivity index is 1.46. The number of hydrogen-bond donors (Lipinski definition) is 0. The first-order chi connectivity index (χ1) is 12.6. The lowest BCUT2D eigenvalue weighted by atomic mass is 9.74. The van der Waals surface area contributed by atoms with E-state index in [1.165, 1.54) is 12.8 Å². The second kappa shape index (κ2) is 7.36. The van der Waals surface area contributed by atoms with Gasteiger partial charge in [0.15, 0.2) is 0 Å². The molecule has 3 fully saturated rings. The van der Waals surface area contributed by atoms with Gasteiger partial charge < -0.3 is 9.47 Å². The van der Waals surface area contributed by atoms with Crippen LogP contribution < -0.4 is 0 Å². The summed E-state index contributed by atoms with van der Waals surface area (Å²) in [6.45, 7) is 2.10. The van der Waals surface area contributed by atoms with Gasteiger partial charge in [-0.3, -0.25) is 9.59 Å². The molecule has 26 heavy (non-hydrogen) atoms. The summed E-state index contributed by atoms with van der Waals surface area (Å²) in [6.07, 6.45) is 16.1. The molecule has 4 atom stereocenters. The molecular weight excluding hydrogens is 328 g/mol. The smallest absolute Gasteiger partial charge is 0.310 e. The maximum absolute atomic E-state index is 13.1. The molecule has 4 aliphatic rings. The highest BCUT2D eigenvalue weighted by atomic mass is 16.6. The highest BCUT2D eigenvalue weighted by molar-refractivity contribution is 5.85. The molecule has 0 saturated heterocycles. The molecule has 4 nitrogen and oxygen atoms in total. The van der Waals surface area contributed by atoms with Crippen LogP contribution >= 0.6 is 0 Å². The summed E-state index contributed by atoms with van der Waals surface area (Å²) in [5, 5.41) is 0. The molecule has 0 aromatic carbocycles. The van der Waals surface area contributed by atoms with Gasteiger partial charge in [0, 0.05) is 5.41 Å².